The molecule has 0 unspecified atom stereocenters. The molecule has 0 aromatic carbocycles. The third kappa shape index (κ3) is 2.01. The molecule has 0 saturated carbocycles. The Morgan fingerprint density at radius 2 is 2.17 bits per heavy atom. The van der Waals surface area contributed by atoms with Crippen LogP contribution in [-0.2, 0) is 12.8 Å². The highest BCUT2D eigenvalue weighted by Gasteiger charge is 2.09. The van der Waals surface area contributed by atoms with E-state index in [0.29, 0.717) is 0 Å². The molecule has 0 aliphatic carbocycles. The molecule has 0 aliphatic rings. The van der Waals surface area contributed by atoms with Gasteiger partial charge in [0, 0.05) is 24.7 Å². The number of nitrogens with two attached hydrogens (primary N) is 1. The van der Waals surface area contributed by atoms with Crippen molar-refractivity contribution in [3.63, 3.8) is 0 Å². The lowest BCUT2D eigenvalue weighted by Gasteiger charge is -2.01. The Hall–Kier alpha value is -1.75. The van der Waals surface area contributed by atoms with Crippen molar-refractivity contribution >= 4 is 27.1 Å². The molecule has 3 heterocycles. The first kappa shape index (κ1) is 11.3. The van der Waals surface area contributed by atoms with Gasteiger partial charge in [0.25, 0.3) is 0 Å². The first-order chi connectivity index (χ1) is 8.74. The maximum absolute atomic E-state index is 5.81. The molecule has 4 nitrogen and oxygen atoms in total. The maximum Gasteiger partial charge on any atom is 0.132 e. The van der Waals surface area contributed by atoms with Gasteiger partial charge in [0.05, 0.1) is 11.8 Å². The first-order valence-corrected chi connectivity index (χ1v) is 6.47. The fourth-order valence-electron chi connectivity index (χ4n) is 1.99. The van der Waals surface area contributed by atoms with Crippen LogP contribution >= 0.6 is 15.9 Å². The number of halogens is 1. The lowest BCUT2D eigenvalue weighted by molar-refractivity contribution is 0.506. The monoisotopic (exact) mass is 305 g/mol. The molecule has 0 saturated heterocycles. The van der Waals surface area contributed by atoms with E-state index in [2.05, 4.69) is 20.9 Å². The van der Waals surface area contributed by atoms with Crippen LogP contribution in [0.15, 0.2) is 45.7 Å². The second-order valence-corrected chi connectivity index (χ2v) is 4.87. The third-order valence-electron chi connectivity index (χ3n) is 2.86. The Balaban J connectivity index is 1.94. The van der Waals surface area contributed by atoms with E-state index >= 15 is 0 Å². The fourth-order valence-corrected chi connectivity index (χ4v) is 2.52. The highest BCUT2D eigenvalue weighted by molar-refractivity contribution is 9.10. The summed E-state index contributed by atoms with van der Waals surface area (Å²) in [6.07, 6.45) is 5.22. The number of nitrogen functional groups attached to an aromatic ring is 1. The summed E-state index contributed by atoms with van der Waals surface area (Å²) < 4.78 is 8.18. The van der Waals surface area contributed by atoms with Gasteiger partial charge in [-0.15, -0.1) is 0 Å². The molecule has 3 rings (SSSR count). The molecule has 3 aromatic rings. The molecule has 0 amide bonds. The van der Waals surface area contributed by atoms with E-state index in [1.54, 1.807) is 6.26 Å². The molecule has 0 spiro atoms. The van der Waals surface area contributed by atoms with E-state index in [1.165, 1.54) is 0 Å². The predicted octanol–water partition coefficient (Wildman–Crippen LogP) is 3.06. The number of furan rings is 1. The van der Waals surface area contributed by atoms with Gasteiger partial charge < -0.3 is 14.6 Å². The van der Waals surface area contributed by atoms with E-state index in [9.17, 15) is 0 Å². The molecule has 92 valence electrons. The molecule has 0 radical (unpaired) electrons. The van der Waals surface area contributed by atoms with Crippen molar-refractivity contribution in [1.29, 1.82) is 0 Å². The molecule has 5 heteroatoms. The second kappa shape index (κ2) is 4.49. The zero-order valence-electron chi connectivity index (χ0n) is 9.64. The summed E-state index contributed by atoms with van der Waals surface area (Å²) >= 11 is 3.46. The van der Waals surface area contributed by atoms with Gasteiger partial charge in [-0.1, -0.05) is 0 Å². The predicted molar refractivity (Wildman–Crippen MR) is 73.4 cm³/mol. The molecule has 0 aliphatic heterocycles. The summed E-state index contributed by atoms with van der Waals surface area (Å²) in [6.45, 7) is 0. The average Bonchev–Trinajstić information content (AvgIpc) is 2.95. The number of aromatic nitrogens is 2. The molecular weight excluding hydrogens is 294 g/mol. The van der Waals surface area contributed by atoms with Crippen molar-refractivity contribution in [3.05, 3.63) is 52.9 Å². The molecule has 0 fully saturated rings. The number of rotatable bonds is 3. The quantitative estimate of drug-likeness (QED) is 0.809. The zero-order valence-corrected chi connectivity index (χ0v) is 11.2. The fraction of sp³-hybridized carbons (Fsp3) is 0.154. The third-order valence-corrected chi connectivity index (χ3v) is 3.45. The lowest BCUT2D eigenvalue weighted by atomic mass is 10.2. The lowest BCUT2D eigenvalue weighted by Crippen LogP contribution is -1.98. The van der Waals surface area contributed by atoms with Crippen LogP contribution in [0.25, 0.3) is 5.52 Å². The number of aryl methyl sites for hydroxylation is 2. The van der Waals surface area contributed by atoms with Crippen LogP contribution in [-0.4, -0.2) is 9.38 Å². The largest absolute Gasteiger partial charge is 0.469 e. The number of hydrogen-bond acceptors (Lipinski definition) is 3. The standard InChI is InChI=1S/C13H12BrN3O/c14-13-11-5-3-9(15)8-17(11)12(16-13)6-4-10-2-1-7-18-10/h1-3,5,7-8H,4,6,15H2. The summed E-state index contributed by atoms with van der Waals surface area (Å²) in [7, 11) is 0. The Morgan fingerprint density at radius 3 is 2.94 bits per heavy atom. The minimum absolute atomic E-state index is 0.728. The van der Waals surface area contributed by atoms with Gasteiger partial charge in [-0.25, -0.2) is 4.98 Å². The van der Waals surface area contributed by atoms with Crippen molar-refractivity contribution < 1.29 is 4.42 Å². The van der Waals surface area contributed by atoms with Crippen molar-refractivity contribution in [2.45, 2.75) is 12.8 Å². The molecule has 18 heavy (non-hydrogen) atoms. The van der Waals surface area contributed by atoms with Crippen molar-refractivity contribution in [3.8, 4) is 0 Å². The van der Waals surface area contributed by atoms with Gasteiger partial charge in [-0.05, 0) is 40.2 Å². The molecular formula is C13H12BrN3O. The van der Waals surface area contributed by atoms with E-state index in [1.807, 2.05) is 34.9 Å². The Labute approximate surface area is 113 Å². The van der Waals surface area contributed by atoms with E-state index in [-0.39, 0.29) is 0 Å². The molecule has 0 bridgehead atoms. The summed E-state index contributed by atoms with van der Waals surface area (Å²) in [6, 6.07) is 7.70. The van der Waals surface area contributed by atoms with Gasteiger partial charge in [-0.3, -0.25) is 0 Å². The number of anilines is 1. The summed E-state index contributed by atoms with van der Waals surface area (Å²) in [5, 5.41) is 0. The average molecular weight is 306 g/mol. The SMILES string of the molecule is Nc1ccc2c(Br)nc(CCc3ccco3)n2c1. The highest BCUT2D eigenvalue weighted by Crippen LogP contribution is 2.21. The Morgan fingerprint density at radius 1 is 1.28 bits per heavy atom. The minimum atomic E-state index is 0.728. The van der Waals surface area contributed by atoms with E-state index < -0.39 is 0 Å². The van der Waals surface area contributed by atoms with Crippen molar-refractivity contribution in [2.24, 2.45) is 0 Å². The van der Waals surface area contributed by atoms with Crippen LogP contribution in [0, 0.1) is 0 Å². The molecule has 3 aromatic heterocycles. The highest BCUT2D eigenvalue weighted by atomic mass is 79.9. The number of imidazole rings is 1. The van der Waals surface area contributed by atoms with Crippen LogP contribution in [0.5, 0.6) is 0 Å². The van der Waals surface area contributed by atoms with Crippen molar-refractivity contribution in [1.82, 2.24) is 9.38 Å². The minimum Gasteiger partial charge on any atom is -0.469 e. The molecule has 0 atom stereocenters. The smallest absolute Gasteiger partial charge is 0.132 e. The summed E-state index contributed by atoms with van der Waals surface area (Å²) in [4.78, 5) is 4.51. The number of fused-ring (bicyclic) bond motifs is 1. The summed E-state index contributed by atoms with van der Waals surface area (Å²) in [5.41, 5.74) is 7.57. The first-order valence-electron chi connectivity index (χ1n) is 5.68. The van der Waals surface area contributed by atoms with Gasteiger partial charge in [0.15, 0.2) is 0 Å². The van der Waals surface area contributed by atoms with Crippen LogP contribution < -0.4 is 5.73 Å². The zero-order chi connectivity index (χ0) is 12.5. The normalized spacial score (nSPS) is 11.2. The van der Waals surface area contributed by atoms with Crippen LogP contribution in [0.4, 0.5) is 5.69 Å². The van der Waals surface area contributed by atoms with Gasteiger partial charge in [-0.2, -0.15) is 0 Å². The van der Waals surface area contributed by atoms with Crippen molar-refractivity contribution in [2.75, 3.05) is 5.73 Å². The Bertz CT molecular complexity index is 673. The van der Waals surface area contributed by atoms with Crippen LogP contribution in [0.3, 0.4) is 0 Å². The Kier molecular flexibility index (Phi) is 2.83. The number of nitrogens with zero attached hydrogens (tertiary/aromatic N) is 2. The number of pyridine rings is 1. The van der Waals surface area contributed by atoms with Gasteiger partial charge >= 0.3 is 0 Å². The van der Waals surface area contributed by atoms with Gasteiger partial charge in [0.1, 0.15) is 16.2 Å². The number of hydrogen-bond donors (Lipinski definition) is 1. The van der Waals surface area contributed by atoms with E-state index in [4.69, 9.17) is 10.2 Å². The second-order valence-electron chi connectivity index (χ2n) is 4.12. The van der Waals surface area contributed by atoms with Crippen LogP contribution in [0.2, 0.25) is 0 Å². The van der Waals surface area contributed by atoms with Crippen LogP contribution in [0.1, 0.15) is 11.6 Å². The molecule has 2 N–H and O–H groups in total. The maximum atomic E-state index is 5.81. The van der Waals surface area contributed by atoms with E-state index in [0.717, 1.165) is 40.2 Å². The van der Waals surface area contributed by atoms with Gasteiger partial charge in [0.2, 0.25) is 0 Å². The topological polar surface area (TPSA) is 56.5 Å². The summed E-state index contributed by atoms with van der Waals surface area (Å²) in [5.74, 6) is 1.94.